The van der Waals surface area contributed by atoms with Crippen molar-refractivity contribution >= 4 is 34.2 Å². The zero-order chi connectivity index (χ0) is 29.2. The molecule has 0 heterocycles. The lowest BCUT2D eigenvalue weighted by molar-refractivity contribution is -0.171. The minimum Gasteiger partial charge on any atom is -0.480 e. The lowest BCUT2D eigenvalue weighted by Crippen LogP contribution is -2.68. The van der Waals surface area contributed by atoms with Crippen LogP contribution in [-0.2, 0) is 30.0 Å². The van der Waals surface area contributed by atoms with E-state index in [9.17, 15) is 43.8 Å². The van der Waals surface area contributed by atoms with Gasteiger partial charge in [0.2, 0.25) is 5.91 Å². The Morgan fingerprint density at radius 3 is 2.36 bits per heavy atom. The number of carboxylic acids is 1. The van der Waals surface area contributed by atoms with Crippen molar-refractivity contribution in [3.63, 3.8) is 0 Å². The highest BCUT2D eigenvalue weighted by atomic mass is 32.2. The molecule has 2 saturated carbocycles. The van der Waals surface area contributed by atoms with Crippen molar-refractivity contribution in [3.05, 3.63) is 23.8 Å². The summed E-state index contributed by atoms with van der Waals surface area (Å²) >= 11 is 0. The van der Waals surface area contributed by atoms with Gasteiger partial charge < -0.3 is 25.7 Å². The van der Waals surface area contributed by atoms with E-state index in [1.165, 1.54) is 13.0 Å². The minimum atomic E-state index is -2.25. The SMILES string of the molecule is CC(=O)NC(CS(=O)CC1(O)C(=O)C2C(=O)C3(C)C4CCC(C)C(O)C4C=CC3C(C)(O)C2=CC1C)C(=O)O. The largest absolute Gasteiger partial charge is 0.480 e. The average Bonchev–Trinajstić information content (AvgIpc) is 2.83. The second-order valence-electron chi connectivity index (χ2n) is 12.4. The topological polar surface area (TPSA) is 178 Å². The van der Waals surface area contributed by atoms with Crippen molar-refractivity contribution in [1.29, 1.82) is 0 Å². The van der Waals surface area contributed by atoms with Crippen LogP contribution in [-0.4, -0.2) is 82.9 Å². The molecule has 2 fully saturated rings. The van der Waals surface area contributed by atoms with Crippen LogP contribution in [0.25, 0.3) is 0 Å². The smallest absolute Gasteiger partial charge is 0.327 e. The average molecular weight is 566 g/mol. The van der Waals surface area contributed by atoms with E-state index in [0.717, 1.165) is 6.92 Å². The van der Waals surface area contributed by atoms with Gasteiger partial charge in [-0.15, -0.1) is 0 Å². The second kappa shape index (κ2) is 10.0. The monoisotopic (exact) mass is 565 g/mol. The number of carbonyl (C=O) groups is 4. The van der Waals surface area contributed by atoms with Gasteiger partial charge in [-0.3, -0.25) is 18.6 Å². The molecule has 0 radical (unpaired) electrons. The molecular weight excluding hydrogens is 526 g/mol. The van der Waals surface area contributed by atoms with E-state index >= 15 is 0 Å². The van der Waals surface area contributed by atoms with Gasteiger partial charge >= 0.3 is 5.97 Å². The van der Waals surface area contributed by atoms with Gasteiger partial charge in [0.15, 0.2) is 11.6 Å². The van der Waals surface area contributed by atoms with E-state index in [-0.39, 0.29) is 23.3 Å². The molecule has 12 atom stereocenters. The molecule has 12 unspecified atom stereocenters. The number of hydrogen-bond donors (Lipinski definition) is 5. The van der Waals surface area contributed by atoms with Gasteiger partial charge in [-0.25, -0.2) is 4.79 Å². The molecule has 0 aliphatic heterocycles. The maximum Gasteiger partial charge on any atom is 0.327 e. The summed E-state index contributed by atoms with van der Waals surface area (Å²) in [6, 6.07) is -1.48. The number of aliphatic carboxylic acids is 1. The van der Waals surface area contributed by atoms with Gasteiger partial charge in [-0.05, 0) is 37.2 Å². The molecular formula is C28H39NO9S. The van der Waals surface area contributed by atoms with Crippen LogP contribution in [0.3, 0.4) is 0 Å². The van der Waals surface area contributed by atoms with E-state index < -0.39 is 92.3 Å². The molecule has 0 saturated heterocycles. The van der Waals surface area contributed by atoms with Crippen molar-refractivity contribution in [1.82, 2.24) is 5.32 Å². The zero-order valence-electron chi connectivity index (χ0n) is 22.9. The molecule has 0 spiro atoms. The molecule has 10 nitrogen and oxygen atoms in total. The molecule has 0 bridgehead atoms. The highest BCUT2D eigenvalue weighted by molar-refractivity contribution is 7.85. The molecule has 4 rings (SSSR count). The number of aliphatic hydroxyl groups is 3. The van der Waals surface area contributed by atoms with Crippen LogP contribution in [0.5, 0.6) is 0 Å². The molecule has 1 amide bonds. The second-order valence-corrected chi connectivity index (χ2v) is 13.9. The summed E-state index contributed by atoms with van der Waals surface area (Å²) in [5.41, 5.74) is -4.83. The molecule has 4 aliphatic rings. The number of aliphatic hydroxyl groups excluding tert-OH is 1. The van der Waals surface area contributed by atoms with Crippen molar-refractivity contribution in [2.45, 2.75) is 70.8 Å². The van der Waals surface area contributed by atoms with E-state index in [2.05, 4.69) is 5.32 Å². The summed E-state index contributed by atoms with van der Waals surface area (Å²) in [5, 5.41) is 46.0. The summed E-state index contributed by atoms with van der Waals surface area (Å²) in [6.45, 7) is 7.91. The quantitative estimate of drug-likeness (QED) is 0.225. The van der Waals surface area contributed by atoms with Gasteiger partial charge in [-0.1, -0.05) is 39.0 Å². The highest BCUT2D eigenvalue weighted by Gasteiger charge is 2.68. The summed E-state index contributed by atoms with van der Waals surface area (Å²) < 4.78 is 13.0. The predicted molar refractivity (Wildman–Crippen MR) is 142 cm³/mol. The fraction of sp³-hybridized carbons (Fsp3) is 0.714. The predicted octanol–water partition coefficient (Wildman–Crippen LogP) is 0.366. The zero-order valence-corrected chi connectivity index (χ0v) is 23.7. The fourth-order valence-corrected chi connectivity index (χ4v) is 9.20. The van der Waals surface area contributed by atoms with Crippen molar-refractivity contribution in [3.8, 4) is 0 Å². The summed E-state index contributed by atoms with van der Waals surface area (Å²) in [7, 11) is -2.06. The number of ketones is 2. The van der Waals surface area contributed by atoms with Gasteiger partial charge in [0.25, 0.3) is 0 Å². The first kappa shape index (κ1) is 29.8. The van der Waals surface area contributed by atoms with Crippen LogP contribution in [0.1, 0.15) is 47.5 Å². The van der Waals surface area contributed by atoms with Gasteiger partial charge in [0.1, 0.15) is 17.6 Å². The lowest BCUT2D eigenvalue weighted by atomic mass is 9.43. The van der Waals surface area contributed by atoms with Crippen molar-refractivity contribution < 1.29 is 43.8 Å². The fourth-order valence-electron chi connectivity index (χ4n) is 7.59. The van der Waals surface area contributed by atoms with Crippen LogP contribution in [0.2, 0.25) is 0 Å². The molecule has 39 heavy (non-hydrogen) atoms. The number of carbonyl (C=O) groups excluding carboxylic acids is 3. The first-order chi connectivity index (χ1) is 18.0. The Hall–Kier alpha value is -2.21. The first-order valence-corrected chi connectivity index (χ1v) is 14.9. The Bertz CT molecular complexity index is 1180. The van der Waals surface area contributed by atoms with Crippen LogP contribution in [0.4, 0.5) is 0 Å². The third-order valence-electron chi connectivity index (χ3n) is 9.89. The molecule has 11 heteroatoms. The van der Waals surface area contributed by atoms with Gasteiger partial charge in [0.05, 0.1) is 23.2 Å². The molecule has 5 N–H and O–H groups in total. The lowest BCUT2D eigenvalue weighted by Gasteiger charge is -2.60. The maximum atomic E-state index is 14.3. The Balaban J connectivity index is 1.71. The number of fused-ring (bicyclic) bond motifs is 4. The molecule has 0 aromatic heterocycles. The van der Waals surface area contributed by atoms with E-state index in [1.807, 2.05) is 13.0 Å². The van der Waals surface area contributed by atoms with Crippen LogP contribution in [0.15, 0.2) is 23.8 Å². The Morgan fingerprint density at radius 1 is 1.13 bits per heavy atom. The Morgan fingerprint density at radius 2 is 1.77 bits per heavy atom. The molecule has 216 valence electrons. The summed E-state index contributed by atoms with van der Waals surface area (Å²) in [5.74, 6) is -8.13. The van der Waals surface area contributed by atoms with E-state index in [4.69, 9.17) is 0 Å². The number of nitrogens with one attached hydrogen (secondary N) is 1. The number of hydrogen-bond acceptors (Lipinski definition) is 8. The molecule has 0 aromatic carbocycles. The summed E-state index contributed by atoms with van der Waals surface area (Å²) in [4.78, 5) is 51.2. The standard InChI is InChI=1S/C28H39NO9S/c1-13-6-8-17-16(22(13)31)7-9-20-26(17,4)23(32)21-18(27(20,5)36)10-14(2)28(37,24(21)33)12-39(38)11-19(25(34)35)29-15(3)30/h7,9-10,13-14,16-17,19-22,31,36-37H,6,8,11-12H2,1-5H3,(H,29,30)(H,34,35). The van der Waals surface area contributed by atoms with Crippen molar-refractivity contribution in [2.75, 3.05) is 11.5 Å². The van der Waals surface area contributed by atoms with Crippen molar-refractivity contribution in [2.24, 2.45) is 40.9 Å². The van der Waals surface area contributed by atoms with E-state index in [1.54, 1.807) is 19.9 Å². The number of carboxylic acid groups (broad SMARTS) is 1. The van der Waals surface area contributed by atoms with Gasteiger partial charge in [0, 0.05) is 40.9 Å². The number of amides is 1. The van der Waals surface area contributed by atoms with Crippen LogP contribution in [0, 0.1) is 40.9 Å². The summed E-state index contributed by atoms with van der Waals surface area (Å²) in [6.07, 6.45) is 5.85. The Labute approximate surface area is 230 Å². The molecule has 0 aromatic rings. The molecule has 4 aliphatic carbocycles. The normalized spacial score (nSPS) is 44.8. The maximum absolute atomic E-state index is 14.3. The van der Waals surface area contributed by atoms with E-state index in [0.29, 0.717) is 12.8 Å². The third-order valence-corrected chi connectivity index (χ3v) is 11.4. The van der Waals surface area contributed by atoms with Crippen LogP contribution >= 0.6 is 0 Å². The third kappa shape index (κ3) is 4.55. The highest BCUT2D eigenvalue weighted by Crippen LogP contribution is 2.62. The first-order valence-electron chi connectivity index (χ1n) is 13.4. The number of rotatable bonds is 6. The number of Topliss-reactive ketones (excluding diaryl/α,β-unsaturated/α-hetero) is 2. The Kier molecular flexibility index (Phi) is 7.64. The minimum absolute atomic E-state index is 0.0371. The van der Waals surface area contributed by atoms with Crippen LogP contribution < -0.4 is 5.32 Å². The van der Waals surface area contributed by atoms with Gasteiger partial charge in [-0.2, -0.15) is 0 Å².